The molecule has 14 heteroatoms. The Morgan fingerprint density at radius 3 is 2.58 bits per heavy atom. The summed E-state index contributed by atoms with van der Waals surface area (Å²) in [5.41, 5.74) is -1.29. The number of nitro groups is 1. The second kappa shape index (κ2) is 8.50. The molecule has 0 aliphatic carbocycles. The third-order valence-corrected chi connectivity index (χ3v) is 4.80. The van der Waals surface area contributed by atoms with Crippen LogP contribution in [0.4, 0.5) is 18.9 Å². The summed E-state index contributed by atoms with van der Waals surface area (Å²) >= 11 is 5.84. The fourth-order valence-electron chi connectivity index (χ4n) is 3.00. The number of aromatic nitrogens is 5. The second-order valence-corrected chi connectivity index (χ2v) is 7.24. The van der Waals surface area contributed by atoms with Crippen molar-refractivity contribution in [1.82, 2.24) is 29.7 Å². The Bertz CT molecular complexity index is 1350. The number of fused-ring (bicyclic) bond motifs is 1. The maximum atomic E-state index is 13.7. The van der Waals surface area contributed by atoms with Crippen molar-refractivity contribution >= 4 is 28.8 Å². The summed E-state index contributed by atoms with van der Waals surface area (Å²) in [6.07, 6.45) is -2.50. The molecule has 1 amide bonds. The fourth-order valence-corrected chi connectivity index (χ4v) is 3.13. The van der Waals surface area contributed by atoms with Crippen molar-refractivity contribution in [3.05, 3.63) is 75.3 Å². The summed E-state index contributed by atoms with van der Waals surface area (Å²) in [6, 6.07) is 8.10. The Labute approximate surface area is 187 Å². The molecule has 0 bridgehead atoms. The van der Waals surface area contributed by atoms with Gasteiger partial charge in [0.25, 0.3) is 5.91 Å². The molecule has 0 spiro atoms. The molecule has 10 nitrogen and oxygen atoms in total. The Morgan fingerprint density at radius 2 is 1.94 bits per heavy atom. The summed E-state index contributed by atoms with van der Waals surface area (Å²) in [7, 11) is 0. The average molecular weight is 480 g/mol. The lowest BCUT2D eigenvalue weighted by molar-refractivity contribution is -0.385. The van der Waals surface area contributed by atoms with Gasteiger partial charge in [-0.15, -0.1) is 0 Å². The molecule has 4 rings (SSSR count). The van der Waals surface area contributed by atoms with Crippen LogP contribution in [0.5, 0.6) is 0 Å². The van der Waals surface area contributed by atoms with Gasteiger partial charge in [0, 0.05) is 23.2 Å². The number of amides is 1. The molecule has 4 aromatic rings. The molecule has 0 fully saturated rings. The van der Waals surface area contributed by atoms with Crippen LogP contribution in [-0.2, 0) is 12.7 Å². The molecule has 170 valence electrons. The molecule has 33 heavy (non-hydrogen) atoms. The maximum Gasteiger partial charge on any atom is 0.433 e. The third kappa shape index (κ3) is 4.77. The molecule has 3 heterocycles. The number of carbonyl (C=O) groups excluding carboxylic acids is 1. The van der Waals surface area contributed by atoms with Crippen LogP contribution < -0.4 is 5.32 Å². The van der Waals surface area contributed by atoms with Crippen LogP contribution in [0.15, 0.2) is 48.8 Å². The number of rotatable bonds is 6. The molecule has 1 N–H and O–H groups in total. The standard InChI is InChI=1S/C19H13ClF3N7O3/c20-12-3-1-11(2-4-12)14-7-16(19(21,22)23)29-17(26-14)8-15(27-29)18(31)24-5-6-28-10-13(9-25-28)30(32)33/h1-4,7-10H,5-6H2,(H,24,31). The fraction of sp³-hybridized carbons (Fsp3) is 0.158. The molecule has 0 radical (unpaired) electrons. The largest absolute Gasteiger partial charge is 0.433 e. The number of carbonyl (C=O) groups is 1. The third-order valence-electron chi connectivity index (χ3n) is 4.55. The van der Waals surface area contributed by atoms with Gasteiger partial charge < -0.3 is 5.32 Å². The number of nitrogens with one attached hydrogen (secondary N) is 1. The molecule has 0 unspecified atom stereocenters. The molecule has 0 aliphatic rings. The van der Waals surface area contributed by atoms with Crippen molar-refractivity contribution in [2.45, 2.75) is 12.7 Å². The summed E-state index contributed by atoms with van der Waals surface area (Å²) in [6.45, 7) is 0.126. The normalized spacial score (nSPS) is 11.6. The van der Waals surface area contributed by atoms with Crippen LogP contribution in [0.3, 0.4) is 0 Å². The number of benzene rings is 1. The minimum Gasteiger partial charge on any atom is -0.349 e. The van der Waals surface area contributed by atoms with Gasteiger partial charge in [-0.2, -0.15) is 23.4 Å². The van der Waals surface area contributed by atoms with Crippen molar-refractivity contribution in [2.24, 2.45) is 0 Å². The highest BCUT2D eigenvalue weighted by Gasteiger charge is 2.35. The number of alkyl halides is 3. The zero-order chi connectivity index (χ0) is 23.8. The monoisotopic (exact) mass is 479 g/mol. The summed E-state index contributed by atoms with van der Waals surface area (Å²) < 4.78 is 42.8. The van der Waals surface area contributed by atoms with Gasteiger partial charge in [-0.05, 0) is 18.2 Å². The van der Waals surface area contributed by atoms with E-state index in [0.717, 1.165) is 18.3 Å². The molecular weight excluding hydrogens is 467 g/mol. The Hall–Kier alpha value is -4.00. The van der Waals surface area contributed by atoms with Gasteiger partial charge in [0.05, 0.1) is 17.2 Å². The quantitative estimate of drug-likeness (QED) is 0.333. The summed E-state index contributed by atoms with van der Waals surface area (Å²) in [5, 5.41) is 21.1. The van der Waals surface area contributed by atoms with Crippen LogP contribution in [-0.4, -0.2) is 41.8 Å². The first-order chi connectivity index (χ1) is 15.6. The zero-order valence-electron chi connectivity index (χ0n) is 16.5. The van der Waals surface area contributed by atoms with E-state index in [9.17, 15) is 28.1 Å². The van der Waals surface area contributed by atoms with Crippen molar-refractivity contribution in [2.75, 3.05) is 6.54 Å². The average Bonchev–Trinajstić information content (AvgIpc) is 3.40. The molecule has 3 aromatic heterocycles. The van der Waals surface area contributed by atoms with Crippen molar-refractivity contribution < 1.29 is 22.9 Å². The van der Waals surface area contributed by atoms with Crippen LogP contribution in [0.25, 0.3) is 16.9 Å². The first kappa shape index (κ1) is 22.2. The Morgan fingerprint density at radius 1 is 1.21 bits per heavy atom. The van der Waals surface area contributed by atoms with Gasteiger partial charge in [-0.3, -0.25) is 19.6 Å². The van der Waals surface area contributed by atoms with E-state index in [0.29, 0.717) is 15.1 Å². The van der Waals surface area contributed by atoms with Crippen molar-refractivity contribution in [3.8, 4) is 11.3 Å². The number of nitrogens with zero attached hydrogens (tertiary/aromatic N) is 6. The summed E-state index contributed by atoms with van der Waals surface area (Å²) in [4.78, 5) is 26.7. The van der Waals surface area contributed by atoms with Crippen LogP contribution in [0.2, 0.25) is 5.02 Å². The lowest BCUT2D eigenvalue weighted by atomic mass is 10.1. The SMILES string of the molecule is O=C(NCCn1cc([N+](=O)[O-])cn1)c1cc2nc(-c3ccc(Cl)cc3)cc(C(F)(F)F)n2n1. The van der Waals surface area contributed by atoms with Crippen LogP contribution >= 0.6 is 11.6 Å². The molecular formula is C19H13ClF3N7O3. The van der Waals surface area contributed by atoms with E-state index in [-0.39, 0.29) is 35.8 Å². The van der Waals surface area contributed by atoms with Crippen LogP contribution in [0.1, 0.15) is 16.2 Å². The van der Waals surface area contributed by atoms with Crippen LogP contribution in [0, 0.1) is 10.1 Å². The Balaban J connectivity index is 1.58. The van der Waals surface area contributed by atoms with E-state index < -0.39 is 22.7 Å². The highest BCUT2D eigenvalue weighted by Crippen LogP contribution is 2.32. The second-order valence-electron chi connectivity index (χ2n) is 6.81. The van der Waals surface area contributed by atoms with Gasteiger partial charge in [0.15, 0.2) is 17.0 Å². The van der Waals surface area contributed by atoms with E-state index in [4.69, 9.17) is 11.6 Å². The van der Waals surface area contributed by atoms with E-state index in [1.807, 2.05) is 0 Å². The molecule has 0 saturated carbocycles. The lowest BCUT2D eigenvalue weighted by Gasteiger charge is -2.11. The van der Waals surface area contributed by atoms with E-state index in [2.05, 4.69) is 20.5 Å². The van der Waals surface area contributed by atoms with Gasteiger partial charge >= 0.3 is 11.9 Å². The number of hydrogen-bond donors (Lipinski definition) is 1. The van der Waals surface area contributed by atoms with E-state index in [1.165, 1.54) is 35.1 Å². The smallest absolute Gasteiger partial charge is 0.349 e. The van der Waals surface area contributed by atoms with E-state index >= 15 is 0 Å². The van der Waals surface area contributed by atoms with E-state index in [1.54, 1.807) is 0 Å². The van der Waals surface area contributed by atoms with Gasteiger partial charge in [0.2, 0.25) is 0 Å². The number of halogens is 4. The first-order valence-electron chi connectivity index (χ1n) is 9.31. The molecule has 0 atom stereocenters. The Kier molecular flexibility index (Phi) is 5.72. The zero-order valence-corrected chi connectivity index (χ0v) is 17.2. The predicted octanol–water partition coefficient (Wildman–Crippen LogP) is 3.60. The first-order valence-corrected chi connectivity index (χ1v) is 9.68. The van der Waals surface area contributed by atoms with Crippen molar-refractivity contribution in [3.63, 3.8) is 0 Å². The highest BCUT2D eigenvalue weighted by atomic mass is 35.5. The highest BCUT2D eigenvalue weighted by molar-refractivity contribution is 6.30. The summed E-state index contributed by atoms with van der Waals surface area (Å²) in [5.74, 6) is -0.733. The maximum absolute atomic E-state index is 13.7. The van der Waals surface area contributed by atoms with Crippen molar-refractivity contribution in [1.29, 1.82) is 0 Å². The van der Waals surface area contributed by atoms with Gasteiger partial charge in [-0.25, -0.2) is 9.50 Å². The molecule has 0 saturated heterocycles. The molecule has 1 aromatic carbocycles. The van der Waals surface area contributed by atoms with Gasteiger partial charge in [-0.1, -0.05) is 23.7 Å². The molecule has 0 aliphatic heterocycles. The minimum atomic E-state index is -4.75. The predicted molar refractivity (Wildman–Crippen MR) is 110 cm³/mol. The topological polar surface area (TPSA) is 120 Å². The van der Waals surface area contributed by atoms with Gasteiger partial charge in [0.1, 0.15) is 12.4 Å². The minimum absolute atomic E-state index is 0.0150. The number of hydrogen-bond acceptors (Lipinski definition) is 6. The lowest BCUT2D eigenvalue weighted by Crippen LogP contribution is -2.27.